The van der Waals surface area contributed by atoms with Crippen LogP contribution in [0.4, 0.5) is 5.69 Å². The smallest absolute Gasteiger partial charge is 0.339 e. The number of nitrogens with one attached hydrogen (secondary N) is 1. The Hall–Kier alpha value is -3.41. The molecule has 0 aliphatic heterocycles. The summed E-state index contributed by atoms with van der Waals surface area (Å²) in [5.74, 6) is -0.0741. The van der Waals surface area contributed by atoms with Crippen molar-refractivity contribution < 1.29 is 18.8 Å². The van der Waals surface area contributed by atoms with E-state index in [1.54, 1.807) is 24.3 Å². The van der Waals surface area contributed by atoms with Gasteiger partial charge >= 0.3 is 5.97 Å². The first kappa shape index (κ1) is 17.0. The minimum absolute atomic E-state index is 0.202. The molecule has 27 heavy (non-hydrogen) atoms. The zero-order valence-corrected chi connectivity index (χ0v) is 14.8. The quantitative estimate of drug-likeness (QED) is 0.698. The molecule has 1 fully saturated rings. The fourth-order valence-electron chi connectivity index (χ4n) is 3.09. The van der Waals surface area contributed by atoms with Crippen molar-refractivity contribution in [2.24, 2.45) is 0 Å². The summed E-state index contributed by atoms with van der Waals surface area (Å²) in [6, 6.07) is 18.2. The number of anilines is 1. The van der Waals surface area contributed by atoms with E-state index < -0.39 is 11.4 Å². The SMILES string of the molecule is COC(=O)c1ccccc1NC(=O)C1(c2cc(-c3ccccc3)on2)CC1. The van der Waals surface area contributed by atoms with E-state index in [1.807, 2.05) is 36.4 Å². The zero-order chi connectivity index (χ0) is 18.9. The van der Waals surface area contributed by atoms with Crippen molar-refractivity contribution in [2.75, 3.05) is 12.4 Å². The molecule has 0 radical (unpaired) electrons. The number of esters is 1. The van der Waals surface area contributed by atoms with Gasteiger partial charge in [-0.15, -0.1) is 0 Å². The normalized spacial score (nSPS) is 14.4. The van der Waals surface area contributed by atoms with E-state index in [0.717, 1.165) is 5.56 Å². The van der Waals surface area contributed by atoms with Crippen LogP contribution in [-0.2, 0) is 14.9 Å². The number of methoxy groups -OCH3 is 1. The molecule has 3 aromatic rings. The highest BCUT2D eigenvalue weighted by Crippen LogP contribution is 2.49. The summed E-state index contributed by atoms with van der Waals surface area (Å²) in [6.45, 7) is 0. The summed E-state index contributed by atoms with van der Waals surface area (Å²) >= 11 is 0. The van der Waals surface area contributed by atoms with E-state index in [-0.39, 0.29) is 5.91 Å². The van der Waals surface area contributed by atoms with Crippen LogP contribution >= 0.6 is 0 Å². The largest absolute Gasteiger partial charge is 0.465 e. The number of nitrogens with zero attached hydrogens (tertiary/aromatic N) is 1. The first-order chi connectivity index (χ1) is 13.1. The van der Waals surface area contributed by atoms with Crippen molar-refractivity contribution in [3.05, 3.63) is 71.9 Å². The van der Waals surface area contributed by atoms with Crippen molar-refractivity contribution in [3.8, 4) is 11.3 Å². The average Bonchev–Trinajstić information content (AvgIpc) is 3.38. The zero-order valence-electron chi connectivity index (χ0n) is 14.8. The topological polar surface area (TPSA) is 81.4 Å². The van der Waals surface area contributed by atoms with Crippen LogP contribution in [0.5, 0.6) is 0 Å². The van der Waals surface area contributed by atoms with Crippen LogP contribution in [0.3, 0.4) is 0 Å². The van der Waals surface area contributed by atoms with Crippen LogP contribution in [0.2, 0.25) is 0 Å². The summed E-state index contributed by atoms with van der Waals surface area (Å²) in [5.41, 5.74) is 1.53. The second-order valence-electron chi connectivity index (χ2n) is 6.52. The molecule has 136 valence electrons. The molecule has 1 aliphatic carbocycles. The van der Waals surface area contributed by atoms with Gasteiger partial charge in [0, 0.05) is 11.6 Å². The number of amides is 1. The Bertz CT molecular complexity index is 990. The van der Waals surface area contributed by atoms with Gasteiger partial charge in [-0.2, -0.15) is 0 Å². The summed E-state index contributed by atoms with van der Waals surface area (Å²) in [7, 11) is 1.31. The number of carbonyl (C=O) groups excluding carboxylic acids is 2. The van der Waals surface area contributed by atoms with Crippen LogP contribution in [0.15, 0.2) is 65.2 Å². The minimum atomic E-state index is -0.722. The van der Waals surface area contributed by atoms with Gasteiger partial charge in [-0.1, -0.05) is 47.6 Å². The number of hydrogen-bond acceptors (Lipinski definition) is 5. The van der Waals surface area contributed by atoms with E-state index in [0.29, 0.717) is 35.5 Å². The van der Waals surface area contributed by atoms with Gasteiger partial charge in [0.05, 0.1) is 29.5 Å². The van der Waals surface area contributed by atoms with Gasteiger partial charge in [-0.25, -0.2) is 4.79 Å². The predicted octanol–water partition coefficient (Wildman–Crippen LogP) is 3.80. The first-order valence-electron chi connectivity index (χ1n) is 8.65. The Balaban J connectivity index is 1.58. The average molecular weight is 362 g/mol. The van der Waals surface area contributed by atoms with Crippen LogP contribution in [0.25, 0.3) is 11.3 Å². The standard InChI is InChI=1S/C21H18N2O4/c1-26-19(24)15-9-5-6-10-16(15)22-20(25)21(11-12-21)18-13-17(27-23-18)14-7-3-2-4-8-14/h2-10,13H,11-12H2,1H3,(H,22,25). The van der Waals surface area contributed by atoms with E-state index >= 15 is 0 Å². The van der Waals surface area contributed by atoms with Gasteiger partial charge in [0.1, 0.15) is 0 Å². The molecule has 0 atom stereocenters. The number of benzene rings is 2. The summed E-state index contributed by atoms with van der Waals surface area (Å²) in [4.78, 5) is 24.9. The molecule has 1 saturated carbocycles. The highest BCUT2D eigenvalue weighted by molar-refractivity contribution is 6.05. The molecule has 1 heterocycles. The van der Waals surface area contributed by atoms with E-state index in [4.69, 9.17) is 9.26 Å². The Morgan fingerprint density at radius 2 is 1.78 bits per heavy atom. The lowest BCUT2D eigenvalue weighted by Gasteiger charge is -2.14. The second kappa shape index (κ2) is 6.72. The van der Waals surface area contributed by atoms with Crippen molar-refractivity contribution in [1.29, 1.82) is 0 Å². The summed E-state index contributed by atoms with van der Waals surface area (Å²) < 4.78 is 10.2. The molecule has 0 saturated heterocycles. The van der Waals surface area contributed by atoms with Crippen molar-refractivity contribution in [3.63, 3.8) is 0 Å². The number of para-hydroxylation sites is 1. The van der Waals surface area contributed by atoms with Crippen molar-refractivity contribution >= 4 is 17.6 Å². The molecule has 1 aromatic heterocycles. The van der Waals surface area contributed by atoms with Gasteiger partial charge in [-0.3, -0.25) is 4.79 Å². The molecule has 6 heteroatoms. The van der Waals surface area contributed by atoms with E-state index in [1.165, 1.54) is 7.11 Å². The third-order valence-corrected chi connectivity index (χ3v) is 4.82. The van der Waals surface area contributed by atoms with Crippen LogP contribution in [-0.4, -0.2) is 24.1 Å². The van der Waals surface area contributed by atoms with E-state index in [9.17, 15) is 9.59 Å². The Labute approximate surface area is 156 Å². The highest BCUT2D eigenvalue weighted by Gasteiger charge is 2.54. The summed E-state index contributed by atoms with van der Waals surface area (Å²) in [6.07, 6.45) is 1.36. The molecule has 1 N–H and O–H groups in total. The number of hydrogen-bond donors (Lipinski definition) is 1. The maximum absolute atomic E-state index is 13.0. The fourth-order valence-corrected chi connectivity index (χ4v) is 3.09. The number of ether oxygens (including phenoxy) is 1. The Kier molecular flexibility index (Phi) is 4.24. The van der Waals surface area contributed by atoms with Crippen LogP contribution in [0.1, 0.15) is 28.9 Å². The fraction of sp³-hybridized carbons (Fsp3) is 0.190. The molecule has 6 nitrogen and oxygen atoms in total. The lowest BCUT2D eigenvalue weighted by atomic mass is 10.00. The van der Waals surface area contributed by atoms with Gasteiger partial charge in [0.2, 0.25) is 5.91 Å². The third-order valence-electron chi connectivity index (χ3n) is 4.82. The minimum Gasteiger partial charge on any atom is -0.465 e. The Morgan fingerprint density at radius 1 is 1.07 bits per heavy atom. The Morgan fingerprint density at radius 3 is 2.48 bits per heavy atom. The molecular weight excluding hydrogens is 344 g/mol. The van der Waals surface area contributed by atoms with Crippen molar-refractivity contribution in [1.82, 2.24) is 5.16 Å². The molecule has 1 amide bonds. The molecular formula is C21H18N2O4. The third kappa shape index (κ3) is 3.10. The maximum Gasteiger partial charge on any atom is 0.339 e. The van der Waals surface area contributed by atoms with Gasteiger partial charge in [0.25, 0.3) is 0 Å². The number of aromatic nitrogens is 1. The van der Waals surface area contributed by atoms with Gasteiger partial charge in [0.15, 0.2) is 5.76 Å². The molecule has 4 rings (SSSR count). The number of rotatable bonds is 5. The molecule has 0 bridgehead atoms. The van der Waals surface area contributed by atoms with Gasteiger partial charge in [-0.05, 0) is 25.0 Å². The van der Waals surface area contributed by atoms with Crippen LogP contribution in [0, 0.1) is 0 Å². The summed E-state index contributed by atoms with van der Waals surface area (Å²) in [5, 5.41) is 6.99. The lowest BCUT2D eigenvalue weighted by Crippen LogP contribution is -2.29. The highest BCUT2D eigenvalue weighted by atomic mass is 16.5. The molecule has 2 aromatic carbocycles. The predicted molar refractivity (Wildman–Crippen MR) is 99.3 cm³/mol. The second-order valence-corrected chi connectivity index (χ2v) is 6.52. The molecule has 1 aliphatic rings. The number of carbonyl (C=O) groups is 2. The van der Waals surface area contributed by atoms with E-state index in [2.05, 4.69) is 10.5 Å². The first-order valence-corrected chi connectivity index (χ1v) is 8.65. The molecule has 0 unspecified atom stereocenters. The van der Waals surface area contributed by atoms with Crippen molar-refractivity contribution in [2.45, 2.75) is 18.3 Å². The lowest BCUT2D eigenvalue weighted by molar-refractivity contribution is -0.118. The maximum atomic E-state index is 13.0. The van der Waals surface area contributed by atoms with Crippen LogP contribution < -0.4 is 5.32 Å². The molecule has 0 spiro atoms. The monoisotopic (exact) mass is 362 g/mol. The van der Waals surface area contributed by atoms with Gasteiger partial charge < -0.3 is 14.6 Å².